The zero-order valence-electron chi connectivity index (χ0n) is 7.00. The zero-order chi connectivity index (χ0) is 9.84. The standard InChI is InChI=1S/C9H8BrNO2/c1-3-6(2)13-9(12)8-4-7(10)5-11-8/h1,4-6,11H,2H3. The summed E-state index contributed by atoms with van der Waals surface area (Å²) < 4.78 is 5.67. The Balaban J connectivity index is 2.65. The van der Waals surface area contributed by atoms with Crippen molar-refractivity contribution in [3.05, 3.63) is 22.4 Å². The summed E-state index contributed by atoms with van der Waals surface area (Å²) in [5.74, 6) is 1.86. The molecular formula is C9H8BrNO2. The van der Waals surface area contributed by atoms with Gasteiger partial charge in [0, 0.05) is 10.7 Å². The van der Waals surface area contributed by atoms with E-state index in [4.69, 9.17) is 11.2 Å². The second-order valence-electron chi connectivity index (χ2n) is 2.45. The fourth-order valence-electron chi connectivity index (χ4n) is 0.744. The quantitative estimate of drug-likeness (QED) is 0.636. The predicted octanol–water partition coefficient (Wildman–Crippen LogP) is 1.96. The van der Waals surface area contributed by atoms with E-state index >= 15 is 0 Å². The Hall–Kier alpha value is -1.21. The third-order valence-electron chi connectivity index (χ3n) is 1.39. The lowest BCUT2D eigenvalue weighted by atomic mass is 10.4. The van der Waals surface area contributed by atoms with Gasteiger partial charge in [0.25, 0.3) is 0 Å². The van der Waals surface area contributed by atoms with Crippen LogP contribution in [0.4, 0.5) is 0 Å². The summed E-state index contributed by atoms with van der Waals surface area (Å²) in [6.45, 7) is 1.63. The van der Waals surface area contributed by atoms with E-state index in [9.17, 15) is 4.79 Å². The predicted molar refractivity (Wildman–Crippen MR) is 52.2 cm³/mol. The van der Waals surface area contributed by atoms with Crippen LogP contribution in [-0.4, -0.2) is 17.1 Å². The molecule has 0 fully saturated rings. The topological polar surface area (TPSA) is 42.1 Å². The van der Waals surface area contributed by atoms with E-state index in [1.54, 1.807) is 19.2 Å². The van der Waals surface area contributed by atoms with E-state index < -0.39 is 12.1 Å². The number of nitrogens with one attached hydrogen (secondary N) is 1. The van der Waals surface area contributed by atoms with Gasteiger partial charge in [-0.05, 0) is 28.9 Å². The highest BCUT2D eigenvalue weighted by atomic mass is 79.9. The SMILES string of the molecule is C#CC(C)OC(=O)c1cc(Br)c[nH]1. The number of carbonyl (C=O) groups excluding carboxylic acids is 1. The van der Waals surface area contributed by atoms with Gasteiger partial charge in [0.1, 0.15) is 5.69 Å². The molecule has 0 saturated carbocycles. The van der Waals surface area contributed by atoms with E-state index in [1.807, 2.05) is 0 Å². The molecule has 1 atom stereocenters. The van der Waals surface area contributed by atoms with Crippen LogP contribution >= 0.6 is 15.9 Å². The Morgan fingerprint density at radius 2 is 2.54 bits per heavy atom. The van der Waals surface area contributed by atoms with Gasteiger partial charge in [-0.25, -0.2) is 4.79 Å². The summed E-state index contributed by atoms with van der Waals surface area (Å²) in [5.41, 5.74) is 0.383. The fourth-order valence-corrected chi connectivity index (χ4v) is 1.09. The maximum atomic E-state index is 11.3. The first kappa shape index (κ1) is 9.87. The van der Waals surface area contributed by atoms with Gasteiger partial charge in [-0.15, -0.1) is 6.42 Å². The van der Waals surface area contributed by atoms with Crippen molar-refractivity contribution in [3.8, 4) is 12.3 Å². The van der Waals surface area contributed by atoms with Gasteiger partial charge in [-0.2, -0.15) is 0 Å². The number of hydrogen-bond donors (Lipinski definition) is 1. The zero-order valence-corrected chi connectivity index (χ0v) is 8.59. The molecule has 0 aromatic carbocycles. The van der Waals surface area contributed by atoms with Crippen LogP contribution in [0.2, 0.25) is 0 Å². The molecular weight excluding hydrogens is 234 g/mol. The van der Waals surface area contributed by atoms with Crippen molar-refractivity contribution >= 4 is 21.9 Å². The summed E-state index contributed by atoms with van der Waals surface area (Å²) in [5, 5.41) is 0. The van der Waals surface area contributed by atoms with Crippen LogP contribution in [0.25, 0.3) is 0 Å². The van der Waals surface area contributed by atoms with E-state index in [1.165, 1.54) is 0 Å². The van der Waals surface area contributed by atoms with Gasteiger partial charge in [0.2, 0.25) is 0 Å². The second-order valence-corrected chi connectivity index (χ2v) is 3.36. The lowest BCUT2D eigenvalue weighted by Crippen LogP contribution is -2.13. The Labute approximate surface area is 84.6 Å². The number of aromatic nitrogens is 1. The lowest BCUT2D eigenvalue weighted by molar-refractivity contribution is 0.0432. The van der Waals surface area contributed by atoms with Crippen LogP contribution in [0, 0.1) is 12.3 Å². The number of hydrogen-bond acceptors (Lipinski definition) is 2. The molecule has 0 aliphatic rings. The van der Waals surface area contributed by atoms with Crippen LogP contribution < -0.4 is 0 Å². The van der Waals surface area contributed by atoms with Gasteiger partial charge in [-0.1, -0.05) is 5.92 Å². The summed E-state index contributed by atoms with van der Waals surface area (Å²) in [6, 6.07) is 1.63. The number of halogens is 1. The van der Waals surface area contributed by atoms with Crippen molar-refractivity contribution in [2.75, 3.05) is 0 Å². The maximum absolute atomic E-state index is 11.3. The molecule has 1 aromatic heterocycles. The van der Waals surface area contributed by atoms with Gasteiger partial charge < -0.3 is 9.72 Å². The van der Waals surface area contributed by atoms with Crippen molar-refractivity contribution < 1.29 is 9.53 Å². The molecule has 0 bridgehead atoms. The van der Waals surface area contributed by atoms with Crippen LogP contribution in [0.5, 0.6) is 0 Å². The number of aromatic amines is 1. The van der Waals surface area contributed by atoms with Crippen LogP contribution in [0.3, 0.4) is 0 Å². The van der Waals surface area contributed by atoms with Gasteiger partial charge in [0.15, 0.2) is 6.10 Å². The Kier molecular flexibility index (Phi) is 3.15. The lowest BCUT2D eigenvalue weighted by Gasteiger charge is -2.04. The molecule has 1 unspecified atom stereocenters. The number of ether oxygens (including phenoxy) is 1. The third-order valence-corrected chi connectivity index (χ3v) is 1.84. The van der Waals surface area contributed by atoms with Gasteiger partial charge >= 0.3 is 5.97 Å². The number of terminal acetylenes is 1. The average Bonchev–Trinajstić information content (AvgIpc) is 2.51. The van der Waals surface area contributed by atoms with Gasteiger partial charge in [0.05, 0.1) is 0 Å². The third kappa shape index (κ3) is 2.63. The minimum absolute atomic E-state index is 0.383. The first-order chi connectivity index (χ1) is 6.13. The molecule has 1 rings (SSSR count). The monoisotopic (exact) mass is 241 g/mol. The van der Waals surface area contributed by atoms with Crippen LogP contribution in [0.15, 0.2) is 16.7 Å². The van der Waals surface area contributed by atoms with Gasteiger partial charge in [-0.3, -0.25) is 0 Å². The molecule has 13 heavy (non-hydrogen) atoms. The molecule has 1 N–H and O–H groups in total. The van der Waals surface area contributed by atoms with Crippen molar-refractivity contribution in [2.45, 2.75) is 13.0 Å². The van der Waals surface area contributed by atoms with E-state index in [0.29, 0.717) is 5.69 Å². The normalized spacial score (nSPS) is 11.8. The number of carbonyl (C=O) groups is 1. The molecule has 4 heteroatoms. The first-order valence-corrected chi connectivity index (χ1v) is 4.44. The average molecular weight is 242 g/mol. The number of H-pyrrole nitrogens is 1. The molecule has 1 heterocycles. The molecule has 0 spiro atoms. The second kappa shape index (κ2) is 4.15. The molecule has 0 aliphatic heterocycles. The highest BCUT2D eigenvalue weighted by molar-refractivity contribution is 9.10. The molecule has 0 saturated heterocycles. The van der Waals surface area contributed by atoms with E-state index in [2.05, 4.69) is 26.8 Å². The Morgan fingerprint density at radius 3 is 3.00 bits per heavy atom. The van der Waals surface area contributed by atoms with E-state index in [0.717, 1.165) is 4.47 Å². The first-order valence-electron chi connectivity index (χ1n) is 3.64. The van der Waals surface area contributed by atoms with Crippen molar-refractivity contribution in [2.24, 2.45) is 0 Å². The highest BCUT2D eigenvalue weighted by Gasteiger charge is 2.11. The van der Waals surface area contributed by atoms with Crippen molar-refractivity contribution in [1.29, 1.82) is 0 Å². The molecule has 1 aromatic rings. The smallest absolute Gasteiger partial charge is 0.356 e. The number of esters is 1. The molecule has 0 amide bonds. The summed E-state index contributed by atoms with van der Waals surface area (Å²) in [7, 11) is 0. The number of rotatable bonds is 2. The summed E-state index contributed by atoms with van der Waals surface area (Å²) >= 11 is 3.20. The Morgan fingerprint density at radius 1 is 1.85 bits per heavy atom. The molecule has 3 nitrogen and oxygen atoms in total. The molecule has 68 valence electrons. The van der Waals surface area contributed by atoms with Crippen LogP contribution in [-0.2, 0) is 4.74 Å². The summed E-state index contributed by atoms with van der Waals surface area (Å²) in [4.78, 5) is 14.0. The highest BCUT2D eigenvalue weighted by Crippen LogP contribution is 2.11. The molecule has 0 radical (unpaired) electrons. The van der Waals surface area contributed by atoms with Crippen LogP contribution in [0.1, 0.15) is 17.4 Å². The van der Waals surface area contributed by atoms with Crippen molar-refractivity contribution in [1.82, 2.24) is 4.98 Å². The van der Waals surface area contributed by atoms with Crippen molar-refractivity contribution in [3.63, 3.8) is 0 Å². The fraction of sp³-hybridized carbons (Fsp3) is 0.222. The minimum Gasteiger partial charge on any atom is -0.445 e. The Bertz CT molecular complexity index is 351. The minimum atomic E-state index is -0.505. The maximum Gasteiger partial charge on any atom is 0.356 e. The summed E-state index contributed by atoms with van der Waals surface area (Å²) in [6.07, 6.45) is 6.20. The largest absolute Gasteiger partial charge is 0.445 e. The van der Waals surface area contributed by atoms with E-state index in [-0.39, 0.29) is 0 Å². The molecule has 0 aliphatic carbocycles.